The molecule has 2 amide bonds. The minimum absolute atomic E-state index is 0.391. The van der Waals surface area contributed by atoms with Gasteiger partial charge in [0, 0.05) is 0 Å². The lowest BCUT2D eigenvalue weighted by atomic mass is 10.5. The molecule has 0 aromatic heterocycles. The molecule has 54 valence electrons. The van der Waals surface area contributed by atoms with Gasteiger partial charge in [0.05, 0.1) is 6.54 Å². The molecule has 1 heterocycles. The topological polar surface area (TPSA) is 55.6 Å². The van der Waals surface area contributed by atoms with Crippen LogP contribution in [0.2, 0.25) is 0 Å². The standard InChI is InChI=1S/C6H8N2O2/c7-6(9)8-4-2-1-3-5-10-8/h1-3,5H,4H2,(H2,7,9). The normalized spacial score (nSPS) is 16.2. The van der Waals surface area contributed by atoms with E-state index in [0.29, 0.717) is 6.54 Å². The van der Waals surface area contributed by atoms with Crippen LogP contribution in [0.15, 0.2) is 24.5 Å². The second kappa shape index (κ2) is 2.91. The first-order valence-electron chi connectivity index (χ1n) is 2.86. The van der Waals surface area contributed by atoms with Gasteiger partial charge >= 0.3 is 6.03 Å². The first-order valence-corrected chi connectivity index (χ1v) is 2.86. The molecule has 4 heteroatoms. The van der Waals surface area contributed by atoms with E-state index in [0.717, 1.165) is 5.06 Å². The molecule has 0 atom stereocenters. The molecule has 0 bridgehead atoms. The molecule has 0 spiro atoms. The minimum atomic E-state index is -0.587. The highest BCUT2D eigenvalue weighted by molar-refractivity contribution is 5.71. The van der Waals surface area contributed by atoms with E-state index in [1.165, 1.54) is 6.26 Å². The number of hydrogen-bond donors (Lipinski definition) is 1. The summed E-state index contributed by atoms with van der Waals surface area (Å²) >= 11 is 0. The monoisotopic (exact) mass is 140 g/mol. The lowest BCUT2D eigenvalue weighted by molar-refractivity contribution is -0.0430. The third-order valence-electron chi connectivity index (χ3n) is 1.03. The number of carbonyl (C=O) groups is 1. The van der Waals surface area contributed by atoms with Gasteiger partial charge in [-0.1, -0.05) is 12.2 Å². The molecule has 2 N–H and O–H groups in total. The van der Waals surface area contributed by atoms with Crippen LogP contribution in [0.1, 0.15) is 0 Å². The fourth-order valence-electron chi connectivity index (χ4n) is 0.574. The maximum Gasteiger partial charge on any atom is 0.348 e. The van der Waals surface area contributed by atoms with E-state index in [9.17, 15) is 4.79 Å². The minimum Gasteiger partial charge on any atom is -0.383 e. The third kappa shape index (κ3) is 1.51. The van der Waals surface area contributed by atoms with E-state index in [1.807, 2.05) is 0 Å². The van der Waals surface area contributed by atoms with E-state index >= 15 is 0 Å². The molecule has 4 nitrogen and oxygen atoms in total. The number of rotatable bonds is 0. The van der Waals surface area contributed by atoms with Crippen molar-refractivity contribution in [2.45, 2.75) is 0 Å². The fraction of sp³-hybridized carbons (Fsp3) is 0.167. The van der Waals surface area contributed by atoms with Crippen LogP contribution in [0.3, 0.4) is 0 Å². The largest absolute Gasteiger partial charge is 0.383 e. The summed E-state index contributed by atoms with van der Waals surface area (Å²) in [5.74, 6) is 0. The van der Waals surface area contributed by atoms with E-state index < -0.39 is 6.03 Å². The van der Waals surface area contributed by atoms with Gasteiger partial charge in [0.1, 0.15) is 6.26 Å². The lowest BCUT2D eigenvalue weighted by Gasteiger charge is -2.13. The van der Waals surface area contributed by atoms with Crippen molar-refractivity contribution in [3.8, 4) is 0 Å². The van der Waals surface area contributed by atoms with Crippen molar-refractivity contribution in [1.82, 2.24) is 5.06 Å². The Balaban J connectivity index is 2.55. The summed E-state index contributed by atoms with van der Waals surface area (Å²) < 4.78 is 0. The number of nitrogens with two attached hydrogens (primary N) is 1. The van der Waals surface area contributed by atoms with Crippen LogP contribution < -0.4 is 5.73 Å². The van der Waals surface area contributed by atoms with Crippen LogP contribution in [-0.4, -0.2) is 17.6 Å². The molecule has 0 saturated carbocycles. The Morgan fingerprint density at radius 3 is 3.10 bits per heavy atom. The summed E-state index contributed by atoms with van der Waals surface area (Å²) in [5.41, 5.74) is 4.93. The van der Waals surface area contributed by atoms with Crippen molar-refractivity contribution < 1.29 is 9.63 Å². The smallest absolute Gasteiger partial charge is 0.348 e. The molecular weight excluding hydrogens is 132 g/mol. The molecule has 0 aromatic carbocycles. The van der Waals surface area contributed by atoms with Crippen molar-refractivity contribution in [2.75, 3.05) is 6.54 Å². The fourth-order valence-corrected chi connectivity index (χ4v) is 0.574. The van der Waals surface area contributed by atoms with Gasteiger partial charge in [0.15, 0.2) is 0 Å². The van der Waals surface area contributed by atoms with Gasteiger partial charge in [-0.3, -0.25) is 0 Å². The number of amides is 2. The Labute approximate surface area is 58.5 Å². The highest BCUT2D eigenvalue weighted by atomic mass is 16.7. The number of nitrogens with zero attached hydrogens (tertiary/aromatic N) is 1. The number of allylic oxidation sites excluding steroid dienone is 2. The van der Waals surface area contributed by atoms with Crippen molar-refractivity contribution in [3.63, 3.8) is 0 Å². The number of carbonyl (C=O) groups excluding carboxylic acids is 1. The molecule has 0 radical (unpaired) electrons. The summed E-state index contributed by atoms with van der Waals surface area (Å²) in [4.78, 5) is 15.2. The molecule has 0 fully saturated rings. The summed E-state index contributed by atoms with van der Waals surface area (Å²) in [7, 11) is 0. The lowest BCUT2D eigenvalue weighted by Crippen LogP contribution is -2.34. The van der Waals surface area contributed by atoms with Gasteiger partial charge in [0.25, 0.3) is 0 Å². The maximum atomic E-state index is 10.5. The zero-order chi connectivity index (χ0) is 7.40. The number of hydrogen-bond acceptors (Lipinski definition) is 2. The SMILES string of the molecule is NC(=O)N1CC=CC=CO1. The first-order chi connectivity index (χ1) is 4.80. The van der Waals surface area contributed by atoms with E-state index in [4.69, 9.17) is 10.6 Å². The Morgan fingerprint density at radius 2 is 2.40 bits per heavy atom. The molecule has 1 aliphatic rings. The predicted octanol–water partition coefficient (Wildman–Crippen LogP) is 0.382. The molecule has 0 aliphatic carbocycles. The molecular formula is C6H8N2O2. The molecule has 1 rings (SSSR count). The summed E-state index contributed by atoms with van der Waals surface area (Å²) in [5, 5.41) is 1.06. The van der Waals surface area contributed by atoms with Crippen LogP contribution in [0.5, 0.6) is 0 Å². The number of hydroxylamine groups is 2. The van der Waals surface area contributed by atoms with Crippen LogP contribution in [0, 0.1) is 0 Å². The average Bonchev–Trinajstić information content (AvgIpc) is 2.12. The van der Waals surface area contributed by atoms with Gasteiger partial charge in [-0.05, 0) is 6.08 Å². The van der Waals surface area contributed by atoms with E-state index in [1.54, 1.807) is 18.2 Å². The Morgan fingerprint density at radius 1 is 1.60 bits per heavy atom. The quantitative estimate of drug-likeness (QED) is 0.529. The van der Waals surface area contributed by atoms with Crippen LogP contribution in [-0.2, 0) is 4.84 Å². The first kappa shape index (κ1) is 6.67. The summed E-state index contributed by atoms with van der Waals surface area (Å²) in [6, 6.07) is -0.587. The predicted molar refractivity (Wildman–Crippen MR) is 35.7 cm³/mol. The van der Waals surface area contributed by atoms with Crippen molar-refractivity contribution >= 4 is 6.03 Å². The molecule has 0 aromatic rings. The number of primary amides is 1. The van der Waals surface area contributed by atoms with Gasteiger partial charge in [-0.25, -0.2) is 4.79 Å². The molecule has 1 aliphatic heterocycles. The highest BCUT2D eigenvalue weighted by Gasteiger charge is 2.06. The van der Waals surface area contributed by atoms with Crippen molar-refractivity contribution in [2.24, 2.45) is 5.73 Å². The Bertz CT molecular complexity index is 172. The van der Waals surface area contributed by atoms with Gasteiger partial charge in [-0.2, -0.15) is 5.06 Å². The number of urea groups is 1. The van der Waals surface area contributed by atoms with Gasteiger partial charge < -0.3 is 10.6 Å². The maximum absolute atomic E-state index is 10.5. The molecule has 0 unspecified atom stereocenters. The van der Waals surface area contributed by atoms with Gasteiger partial charge in [-0.15, -0.1) is 0 Å². The van der Waals surface area contributed by atoms with Crippen molar-refractivity contribution in [1.29, 1.82) is 0 Å². The molecule has 0 saturated heterocycles. The average molecular weight is 140 g/mol. The third-order valence-corrected chi connectivity index (χ3v) is 1.03. The van der Waals surface area contributed by atoms with E-state index in [2.05, 4.69) is 0 Å². The van der Waals surface area contributed by atoms with Crippen LogP contribution >= 0.6 is 0 Å². The summed E-state index contributed by atoms with van der Waals surface area (Å²) in [6.07, 6.45) is 6.63. The van der Waals surface area contributed by atoms with Gasteiger partial charge in [0.2, 0.25) is 0 Å². The zero-order valence-corrected chi connectivity index (χ0v) is 5.36. The second-order valence-corrected chi connectivity index (χ2v) is 1.76. The Kier molecular flexibility index (Phi) is 1.94. The van der Waals surface area contributed by atoms with E-state index in [-0.39, 0.29) is 0 Å². The summed E-state index contributed by atoms with van der Waals surface area (Å²) in [6.45, 7) is 0.391. The molecule has 10 heavy (non-hydrogen) atoms. The van der Waals surface area contributed by atoms with Crippen LogP contribution in [0.4, 0.5) is 4.79 Å². The Hall–Kier alpha value is -1.45. The second-order valence-electron chi connectivity index (χ2n) is 1.76. The zero-order valence-electron chi connectivity index (χ0n) is 5.36. The highest BCUT2D eigenvalue weighted by Crippen LogP contribution is 1.96. The van der Waals surface area contributed by atoms with Crippen LogP contribution in [0.25, 0.3) is 0 Å². The van der Waals surface area contributed by atoms with Crippen molar-refractivity contribution in [3.05, 3.63) is 24.5 Å².